The Balaban J connectivity index is 2.42. The summed E-state index contributed by atoms with van der Waals surface area (Å²) in [6.07, 6.45) is 5.69. The minimum absolute atomic E-state index is 0.276. The first kappa shape index (κ1) is 19.3. The van der Waals surface area contributed by atoms with Crippen LogP contribution in [0.2, 0.25) is 0 Å². The molecule has 1 N–H and O–H groups in total. The van der Waals surface area contributed by atoms with Crippen LogP contribution in [0.5, 0.6) is 11.5 Å². The van der Waals surface area contributed by atoms with E-state index in [-0.39, 0.29) is 6.04 Å². The molecule has 0 spiro atoms. The molecule has 136 valence electrons. The molecule has 0 heterocycles. The van der Waals surface area contributed by atoms with Crippen molar-refractivity contribution in [2.75, 3.05) is 28.4 Å². The number of nitrogens with one attached hydrogen (secondary N) is 1. The van der Waals surface area contributed by atoms with Crippen molar-refractivity contribution in [3.63, 3.8) is 0 Å². The van der Waals surface area contributed by atoms with Gasteiger partial charge in [0.1, 0.15) is 17.3 Å². The first-order valence-corrected chi connectivity index (χ1v) is 9.88. The monoisotopic (exact) mass is 357 g/mol. The fraction of sp³-hybridized carbons (Fsp3) is 0.647. The summed E-state index contributed by atoms with van der Waals surface area (Å²) in [5, 5.41) is 3.49. The molecule has 0 aromatic heterocycles. The van der Waals surface area contributed by atoms with Crippen molar-refractivity contribution in [1.29, 1.82) is 0 Å². The van der Waals surface area contributed by atoms with Crippen molar-refractivity contribution in [2.24, 2.45) is 0 Å². The molecule has 1 fully saturated rings. The summed E-state index contributed by atoms with van der Waals surface area (Å²) in [6.45, 7) is 0. The Kier molecular flexibility index (Phi) is 7.11. The summed E-state index contributed by atoms with van der Waals surface area (Å²) in [5.41, 5.74) is 0.717. The van der Waals surface area contributed by atoms with Crippen molar-refractivity contribution >= 4 is 7.60 Å². The van der Waals surface area contributed by atoms with E-state index >= 15 is 0 Å². The third-order valence-electron chi connectivity index (χ3n) is 4.56. The zero-order valence-electron chi connectivity index (χ0n) is 14.9. The van der Waals surface area contributed by atoms with Crippen LogP contribution in [0.15, 0.2) is 18.2 Å². The van der Waals surface area contributed by atoms with Crippen LogP contribution in [0.4, 0.5) is 0 Å². The molecule has 1 saturated carbocycles. The highest BCUT2D eigenvalue weighted by atomic mass is 31.2. The second kappa shape index (κ2) is 8.86. The molecule has 0 amide bonds. The lowest BCUT2D eigenvalue weighted by Gasteiger charge is -2.32. The zero-order chi connectivity index (χ0) is 17.6. The average molecular weight is 357 g/mol. The number of ether oxygens (including phenoxy) is 2. The first-order chi connectivity index (χ1) is 11.6. The summed E-state index contributed by atoms with van der Waals surface area (Å²) in [7, 11) is 2.61. The maximum absolute atomic E-state index is 13.2. The Labute approximate surface area is 144 Å². The van der Waals surface area contributed by atoms with Gasteiger partial charge in [0.25, 0.3) is 0 Å². The number of rotatable bonds is 8. The normalized spacial score (nSPS) is 17.5. The highest BCUT2D eigenvalue weighted by Crippen LogP contribution is 2.60. The van der Waals surface area contributed by atoms with E-state index in [0.29, 0.717) is 11.5 Å². The van der Waals surface area contributed by atoms with E-state index in [0.717, 1.165) is 18.4 Å². The van der Waals surface area contributed by atoms with Crippen LogP contribution in [-0.2, 0) is 13.6 Å². The Morgan fingerprint density at radius 2 is 1.71 bits per heavy atom. The third kappa shape index (κ3) is 4.31. The van der Waals surface area contributed by atoms with Gasteiger partial charge in [-0.15, -0.1) is 0 Å². The van der Waals surface area contributed by atoms with Crippen molar-refractivity contribution in [3.8, 4) is 11.5 Å². The van der Waals surface area contributed by atoms with E-state index in [1.54, 1.807) is 20.3 Å². The third-order valence-corrected chi connectivity index (χ3v) is 6.63. The predicted octanol–water partition coefficient (Wildman–Crippen LogP) is 4.11. The smallest absolute Gasteiger partial charge is 0.351 e. The molecule has 0 aliphatic heterocycles. The van der Waals surface area contributed by atoms with Crippen LogP contribution >= 0.6 is 7.60 Å². The first-order valence-electron chi connectivity index (χ1n) is 8.27. The minimum atomic E-state index is -3.40. The Hall–Kier alpha value is -1.07. The lowest BCUT2D eigenvalue weighted by Crippen LogP contribution is -2.35. The lowest BCUT2D eigenvalue weighted by molar-refractivity contribution is 0.248. The minimum Gasteiger partial charge on any atom is -0.497 e. The fourth-order valence-corrected chi connectivity index (χ4v) is 4.69. The maximum atomic E-state index is 13.2. The molecule has 1 aliphatic carbocycles. The molecule has 0 radical (unpaired) electrons. The second-order valence-corrected chi connectivity index (χ2v) is 8.24. The van der Waals surface area contributed by atoms with Crippen LogP contribution in [-0.4, -0.2) is 34.5 Å². The van der Waals surface area contributed by atoms with Gasteiger partial charge in [0.15, 0.2) is 0 Å². The van der Waals surface area contributed by atoms with E-state index in [4.69, 9.17) is 18.5 Å². The highest BCUT2D eigenvalue weighted by molar-refractivity contribution is 7.54. The van der Waals surface area contributed by atoms with Crippen molar-refractivity contribution in [1.82, 2.24) is 5.32 Å². The van der Waals surface area contributed by atoms with Crippen molar-refractivity contribution in [2.45, 2.75) is 43.9 Å². The molecule has 2 rings (SSSR count). The summed E-state index contributed by atoms with van der Waals surface area (Å²) in [6, 6.07) is 5.71. The molecule has 1 unspecified atom stereocenters. The summed E-state index contributed by atoms with van der Waals surface area (Å²) < 4.78 is 34.6. The Morgan fingerprint density at radius 3 is 2.25 bits per heavy atom. The van der Waals surface area contributed by atoms with Gasteiger partial charge in [-0.05, 0) is 31.0 Å². The maximum Gasteiger partial charge on any atom is 0.351 e. The highest BCUT2D eigenvalue weighted by Gasteiger charge is 2.39. The van der Waals surface area contributed by atoms with Gasteiger partial charge in [-0.25, -0.2) is 0 Å². The van der Waals surface area contributed by atoms with Gasteiger partial charge in [0.2, 0.25) is 0 Å². The second-order valence-electron chi connectivity index (χ2n) is 5.92. The van der Waals surface area contributed by atoms with E-state index in [1.807, 2.05) is 12.1 Å². The molecule has 0 bridgehead atoms. The van der Waals surface area contributed by atoms with Crippen molar-refractivity contribution < 1.29 is 23.1 Å². The standard InChI is InChI=1S/C17H28NO5P/c1-20-14-10-11-16(21-2)15(12-14)17(24(19,22-3)23-4)18-13-8-6-5-7-9-13/h10-13,17-18H,5-9H2,1-4H3. The zero-order valence-corrected chi connectivity index (χ0v) is 15.8. The number of benzene rings is 1. The molecule has 24 heavy (non-hydrogen) atoms. The fourth-order valence-electron chi connectivity index (χ4n) is 3.18. The van der Waals surface area contributed by atoms with Gasteiger partial charge in [-0.2, -0.15) is 0 Å². The number of methoxy groups -OCH3 is 2. The van der Waals surface area contributed by atoms with Gasteiger partial charge < -0.3 is 18.5 Å². The molecule has 1 aromatic rings. The topological polar surface area (TPSA) is 66.0 Å². The van der Waals surface area contributed by atoms with E-state index in [9.17, 15) is 4.57 Å². The number of hydrogen-bond donors (Lipinski definition) is 1. The van der Waals surface area contributed by atoms with Gasteiger partial charge >= 0.3 is 7.60 Å². The average Bonchev–Trinajstić information content (AvgIpc) is 2.65. The molecular weight excluding hydrogens is 329 g/mol. The molecule has 1 aromatic carbocycles. The summed E-state index contributed by atoms with van der Waals surface area (Å²) >= 11 is 0. The van der Waals surface area contributed by atoms with Crippen LogP contribution in [0.3, 0.4) is 0 Å². The largest absolute Gasteiger partial charge is 0.497 e. The van der Waals surface area contributed by atoms with Crippen LogP contribution < -0.4 is 14.8 Å². The summed E-state index contributed by atoms with van der Waals surface area (Å²) in [5.74, 6) is 0.680. The Bertz CT molecular complexity index is 566. The Morgan fingerprint density at radius 1 is 1.04 bits per heavy atom. The van der Waals surface area contributed by atoms with Crippen LogP contribution in [0.25, 0.3) is 0 Å². The quantitative estimate of drug-likeness (QED) is 0.706. The van der Waals surface area contributed by atoms with Crippen molar-refractivity contribution in [3.05, 3.63) is 23.8 Å². The van der Waals surface area contributed by atoms with Gasteiger partial charge in [-0.3, -0.25) is 9.88 Å². The van der Waals surface area contributed by atoms with E-state index < -0.39 is 13.4 Å². The van der Waals surface area contributed by atoms with E-state index in [2.05, 4.69) is 5.32 Å². The SMILES string of the molecule is COc1ccc(OC)c(C(NC2CCCCC2)P(=O)(OC)OC)c1. The van der Waals surface area contributed by atoms with E-state index in [1.165, 1.54) is 33.5 Å². The lowest BCUT2D eigenvalue weighted by atomic mass is 9.95. The van der Waals surface area contributed by atoms with Gasteiger partial charge in [0, 0.05) is 25.8 Å². The van der Waals surface area contributed by atoms with Gasteiger partial charge in [-0.1, -0.05) is 19.3 Å². The van der Waals surface area contributed by atoms with Crippen LogP contribution in [0.1, 0.15) is 43.5 Å². The summed E-state index contributed by atoms with van der Waals surface area (Å²) in [4.78, 5) is 0. The van der Waals surface area contributed by atoms with Gasteiger partial charge in [0.05, 0.1) is 14.2 Å². The molecule has 6 nitrogen and oxygen atoms in total. The molecule has 1 atom stereocenters. The predicted molar refractivity (Wildman–Crippen MR) is 93.9 cm³/mol. The molecular formula is C17H28NO5P. The van der Waals surface area contributed by atoms with Crippen LogP contribution in [0, 0.1) is 0 Å². The number of hydrogen-bond acceptors (Lipinski definition) is 6. The molecule has 7 heteroatoms. The molecule has 1 aliphatic rings. The molecule has 0 saturated heterocycles.